The lowest BCUT2D eigenvalue weighted by molar-refractivity contribution is 0.686. The fourth-order valence-electron chi connectivity index (χ4n) is 4.84. The van der Waals surface area contributed by atoms with Crippen LogP contribution in [0.5, 0.6) is 0 Å². The Labute approximate surface area is 180 Å². The predicted molar refractivity (Wildman–Crippen MR) is 126 cm³/mol. The van der Waals surface area contributed by atoms with Crippen LogP contribution in [0.3, 0.4) is 0 Å². The fraction of sp³-hybridized carbons (Fsp3) is 0.462. The van der Waals surface area contributed by atoms with Crippen molar-refractivity contribution in [1.82, 2.24) is 14.3 Å². The van der Waals surface area contributed by atoms with E-state index in [1.54, 1.807) is 11.6 Å². The van der Waals surface area contributed by atoms with Gasteiger partial charge in [0, 0.05) is 7.05 Å². The van der Waals surface area contributed by atoms with E-state index in [1.165, 1.54) is 71.4 Å². The smallest absolute Gasteiger partial charge is 0.275 e. The molecule has 4 heteroatoms. The Morgan fingerprint density at radius 2 is 0.967 bits per heavy atom. The molecule has 0 unspecified atom stereocenters. The Kier molecular flexibility index (Phi) is 5.57. The van der Waals surface area contributed by atoms with Gasteiger partial charge in [-0.1, -0.05) is 0 Å². The molecule has 0 aliphatic heterocycles. The van der Waals surface area contributed by atoms with Crippen molar-refractivity contribution < 1.29 is 0 Å². The maximum atomic E-state index is 12.5. The number of rotatable bonds is 3. The second-order valence-corrected chi connectivity index (χ2v) is 8.89. The van der Waals surface area contributed by atoms with Crippen LogP contribution in [0.2, 0.25) is 0 Å². The Morgan fingerprint density at radius 3 is 1.33 bits per heavy atom. The van der Waals surface area contributed by atoms with Gasteiger partial charge < -0.3 is 0 Å². The second kappa shape index (κ2) is 7.57. The molecular weight excluding hydrogens is 370 g/mol. The van der Waals surface area contributed by atoms with Crippen LogP contribution in [0, 0.1) is 69.2 Å². The minimum atomic E-state index is -0.0674. The van der Waals surface area contributed by atoms with E-state index >= 15 is 0 Å². The molecule has 0 saturated carbocycles. The lowest BCUT2D eigenvalue weighted by Crippen LogP contribution is -2.24. The first-order valence-corrected chi connectivity index (χ1v) is 10.7. The number of hydrogen-bond donors (Lipinski definition) is 0. The van der Waals surface area contributed by atoms with Crippen molar-refractivity contribution in [2.75, 3.05) is 0 Å². The minimum absolute atomic E-state index is 0.0674. The molecule has 0 bridgehead atoms. The maximum absolute atomic E-state index is 12.5. The predicted octanol–water partition coefficient (Wildman–Crippen LogP) is 5.38. The van der Waals surface area contributed by atoms with E-state index in [2.05, 4.69) is 67.4 Å². The van der Waals surface area contributed by atoms with E-state index < -0.39 is 0 Å². The van der Waals surface area contributed by atoms with E-state index in [-0.39, 0.29) is 5.69 Å². The van der Waals surface area contributed by atoms with Crippen LogP contribution in [0.15, 0.2) is 4.79 Å². The lowest BCUT2D eigenvalue weighted by atomic mass is 9.80. The summed E-state index contributed by atoms with van der Waals surface area (Å²) < 4.78 is 3.18. The summed E-state index contributed by atoms with van der Waals surface area (Å²) in [4.78, 5) is 12.5. The molecule has 0 atom stereocenters. The first kappa shape index (κ1) is 22.1. The molecule has 0 saturated heterocycles. The van der Waals surface area contributed by atoms with Gasteiger partial charge in [-0.2, -0.15) is 5.10 Å². The van der Waals surface area contributed by atoms with E-state index in [9.17, 15) is 4.79 Å². The van der Waals surface area contributed by atoms with Gasteiger partial charge in [0.25, 0.3) is 0 Å². The van der Waals surface area contributed by atoms with Gasteiger partial charge in [-0.3, -0.25) is 4.57 Å². The summed E-state index contributed by atoms with van der Waals surface area (Å²) in [5.74, 6) is 0.747. The van der Waals surface area contributed by atoms with Crippen LogP contribution in [0.25, 0.3) is 11.1 Å². The van der Waals surface area contributed by atoms with Gasteiger partial charge in [-0.15, -0.1) is 0 Å². The van der Waals surface area contributed by atoms with Gasteiger partial charge in [0.2, 0.25) is 0 Å². The number of aromatic nitrogens is 3. The lowest BCUT2D eigenvalue weighted by Gasteiger charge is -2.26. The SMILES string of the molecule is Cc1c(C)c(C)c(-c2c(C)c(C)c(Cn3c(C)nn(C)c3=O)c(C)c2C)c(C)c1C. The zero-order valence-electron chi connectivity index (χ0n) is 20.5. The third kappa shape index (κ3) is 3.13. The third-order valence-corrected chi connectivity index (χ3v) is 7.54. The van der Waals surface area contributed by atoms with E-state index in [0.717, 1.165) is 5.82 Å². The largest absolute Gasteiger partial charge is 0.345 e. The van der Waals surface area contributed by atoms with Crippen molar-refractivity contribution in [3.8, 4) is 11.1 Å². The van der Waals surface area contributed by atoms with Crippen LogP contribution in [-0.2, 0) is 13.6 Å². The molecule has 1 aromatic heterocycles. The summed E-state index contributed by atoms with van der Waals surface area (Å²) in [6.07, 6.45) is 0. The van der Waals surface area contributed by atoms with E-state index in [1.807, 2.05) is 6.92 Å². The molecule has 3 rings (SSSR count). The van der Waals surface area contributed by atoms with Gasteiger partial charge in [0.05, 0.1) is 6.54 Å². The molecular formula is C26H35N3O. The molecule has 0 radical (unpaired) electrons. The van der Waals surface area contributed by atoms with Crippen molar-refractivity contribution in [2.24, 2.45) is 7.05 Å². The number of nitrogens with zero attached hydrogens (tertiary/aromatic N) is 3. The van der Waals surface area contributed by atoms with Crippen molar-refractivity contribution >= 4 is 0 Å². The van der Waals surface area contributed by atoms with Gasteiger partial charge in [-0.25, -0.2) is 9.48 Å². The van der Waals surface area contributed by atoms with Crippen molar-refractivity contribution in [3.05, 3.63) is 71.9 Å². The van der Waals surface area contributed by atoms with Crippen LogP contribution >= 0.6 is 0 Å². The van der Waals surface area contributed by atoms with E-state index in [4.69, 9.17) is 0 Å². The molecule has 0 aliphatic rings. The van der Waals surface area contributed by atoms with Crippen LogP contribution < -0.4 is 5.69 Å². The number of aryl methyl sites for hydroxylation is 2. The average molecular weight is 406 g/mol. The maximum Gasteiger partial charge on any atom is 0.345 e. The third-order valence-electron chi connectivity index (χ3n) is 7.54. The molecule has 30 heavy (non-hydrogen) atoms. The van der Waals surface area contributed by atoms with Crippen LogP contribution in [0.1, 0.15) is 61.5 Å². The molecule has 3 aromatic rings. The number of benzene rings is 2. The normalized spacial score (nSPS) is 11.4. The summed E-state index contributed by atoms with van der Waals surface area (Å²) in [5, 5.41) is 4.29. The summed E-state index contributed by atoms with van der Waals surface area (Å²) in [6.45, 7) is 22.5. The van der Waals surface area contributed by atoms with Gasteiger partial charge in [-0.05, 0) is 136 Å². The standard InChI is InChI=1S/C26H35N3O/c1-13-14(2)18(6)24(19(7)15(13)3)25-20(8)16(4)23(17(5)21(25)9)12-29-22(10)27-28(11)26(29)30/h12H2,1-11H3. The highest BCUT2D eigenvalue weighted by Crippen LogP contribution is 2.40. The molecule has 0 N–H and O–H groups in total. The van der Waals surface area contributed by atoms with Gasteiger partial charge in [0.1, 0.15) is 5.82 Å². The molecule has 2 aromatic carbocycles. The second-order valence-electron chi connectivity index (χ2n) is 8.89. The molecule has 0 fully saturated rings. The Morgan fingerprint density at radius 1 is 0.600 bits per heavy atom. The van der Waals surface area contributed by atoms with E-state index in [0.29, 0.717) is 6.54 Å². The molecule has 0 amide bonds. The summed E-state index contributed by atoms with van der Waals surface area (Å²) in [5.41, 5.74) is 15.9. The molecule has 4 nitrogen and oxygen atoms in total. The summed E-state index contributed by atoms with van der Waals surface area (Å²) in [7, 11) is 1.71. The molecule has 1 heterocycles. The Balaban J connectivity index is 2.32. The topological polar surface area (TPSA) is 39.8 Å². The molecule has 0 aliphatic carbocycles. The first-order valence-electron chi connectivity index (χ1n) is 10.7. The fourth-order valence-corrected chi connectivity index (χ4v) is 4.84. The highest BCUT2D eigenvalue weighted by atomic mass is 16.2. The average Bonchev–Trinajstić information content (AvgIpc) is 2.94. The van der Waals surface area contributed by atoms with Gasteiger partial charge >= 0.3 is 5.69 Å². The highest BCUT2D eigenvalue weighted by Gasteiger charge is 2.22. The molecule has 0 spiro atoms. The summed E-state index contributed by atoms with van der Waals surface area (Å²) >= 11 is 0. The van der Waals surface area contributed by atoms with Crippen LogP contribution in [-0.4, -0.2) is 14.3 Å². The number of hydrogen-bond acceptors (Lipinski definition) is 2. The Bertz CT molecular complexity index is 1180. The summed E-state index contributed by atoms with van der Waals surface area (Å²) in [6, 6.07) is 0. The zero-order chi connectivity index (χ0) is 22.7. The van der Waals surface area contributed by atoms with Crippen molar-refractivity contribution in [2.45, 2.75) is 75.8 Å². The van der Waals surface area contributed by atoms with Crippen LogP contribution in [0.4, 0.5) is 0 Å². The van der Waals surface area contributed by atoms with Gasteiger partial charge in [0.15, 0.2) is 0 Å². The Hall–Kier alpha value is -2.62. The van der Waals surface area contributed by atoms with Crippen molar-refractivity contribution in [3.63, 3.8) is 0 Å². The molecule has 160 valence electrons. The monoisotopic (exact) mass is 405 g/mol. The van der Waals surface area contributed by atoms with Crippen molar-refractivity contribution in [1.29, 1.82) is 0 Å². The minimum Gasteiger partial charge on any atom is -0.275 e. The first-order chi connectivity index (χ1) is 13.9. The highest BCUT2D eigenvalue weighted by molar-refractivity contribution is 5.81. The quantitative estimate of drug-likeness (QED) is 0.587. The zero-order valence-corrected chi connectivity index (χ0v) is 20.5.